The van der Waals surface area contributed by atoms with Gasteiger partial charge in [0.05, 0.1) is 6.61 Å². The Balaban J connectivity index is 1.91. The first-order valence-electron chi connectivity index (χ1n) is 7.02. The van der Waals surface area contributed by atoms with Gasteiger partial charge in [0.1, 0.15) is 6.79 Å². The molecular weight excluding hydrogens is 351 g/mol. The number of alkyl halides is 1. The minimum absolute atomic E-state index is 0.395. The fourth-order valence-corrected chi connectivity index (χ4v) is 2.93. The van der Waals surface area contributed by atoms with E-state index in [2.05, 4.69) is 48.6 Å². The Bertz CT molecular complexity index is 314. The maximum Gasteiger partial charge on any atom is 0.147 e. The van der Waals surface area contributed by atoms with E-state index in [1.165, 1.54) is 18.4 Å². The number of hydrogen-bond donors (Lipinski definition) is 0. The lowest BCUT2D eigenvalue weighted by Crippen LogP contribution is -2.05. The molecule has 2 nitrogen and oxygen atoms in total. The van der Waals surface area contributed by atoms with E-state index in [1.54, 1.807) is 0 Å². The second-order valence-corrected chi connectivity index (χ2v) is 7.25. The minimum atomic E-state index is 0.395. The molecule has 108 valence electrons. The van der Waals surface area contributed by atoms with Crippen LogP contribution in [0.1, 0.15) is 38.7 Å². The van der Waals surface area contributed by atoms with Gasteiger partial charge in [-0.05, 0) is 30.7 Å². The largest absolute Gasteiger partial charge is 0.355 e. The van der Waals surface area contributed by atoms with Gasteiger partial charge in [-0.25, -0.2) is 0 Å². The van der Waals surface area contributed by atoms with Gasteiger partial charge in [0.2, 0.25) is 0 Å². The second-order valence-electron chi connectivity index (χ2n) is 5.12. The highest BCUT2D eigenvalue weighted by atomic mass is 127. The van der Waals surface area contributed by atoms with Crippen molar-refractivity contribution in [1.82, 2.24) is 0 Å². The first kappa shape index (κ1) is 16.9. The molecule has 1 aromatic carbocycles. The molecule has 2 atom stereocenters. The van der Waals surface area contributed by atoms with Crippen LogP contribution in [0, 0.1) is 5.92 Å². The molecule has 0 spiro atoms. The summed E-state index contributed by atoms with van der Waals surface area (Å²) in [4.78, 5) is 0. The fourth-order valence-electron chi connectivity index (χ4n) is 2.06. The van der Waals surface area contributed by atoms with Crippen LogP contribution in [-0.4, -0.2) is 17.3 Å². The average Bonchev–Trinajstić information content (AvgIpc) is 2.38. The third-order valence-corrected chi connectivity index (χ3v) is 3.50. The Labute approximate surface area is 131 Å². The van der Waals surface area contributed by atoms with Gasteiger partial charge in [-0.15, -0.1) is 0 Å². The maximum absolute atomic E-state index is 5.49. The van der Waals surface area contributed by atoms with Crippen molar-refractivity contribution in [3.05, 3.63) is 35.9 Å². The topological polar surface area (TPSA) is 18.5 Å². The lowest BCUT2D eigenvalue weighted by molar-refractivity contribution is -0.0627. The molecule has 2 unspecified atom stereocenters. The highest BCUT2D eigenvalue weighted by molar-refractivity contribution is 14.1. The lowest BCUT2D eigenvalue weighted by atomic mass is 10.0. The standard InChI is InChI=1S/C16H25IO2/c1-14(11-15(2)17)7-6-10-18-13-19-12-16-8-4-3-5-9-16/h3-5,8-9,14-15H,6-7,10-13H2,1-2H3. The molecule has 0 saturated heterocycles. The van der Waals surface area contributed by atoms with Crippen molar-refractivity contribution in [1.29, 1.82) is 0 Å². The molecule has 0 radical (unpaired) electrons. The van der Waals surface area contributed by atoms with Crippen LogP contribution in [0.5, 0.6) is 0 Å². The van der Waals surface area contributed by atoms with E-state index in [1.807, 2.05) is 18.2 Å². The van der Waals surface area contributed by atoms with E-state index in [-0.39, 0.29) is 0 Å². The SMILES string of the molecule is CC(I)CC(C)CCCOCOCc1ccccc1. The minimum Gasteiger partial charge on any atom is -0.355 e. The van der Waals surface area contributed by atoms with Crippen LogP contribution >= 0.6 is 22.6 Å². The quantitative estimate of drug-likeness (QED) is 0.253. The van der Waals surface area contributed by atoms with Crippen molar-refractivity contribution < 1.29 is 9.47 Å². The third-order valence-electron chi connectivity index (χ3n) is 2.99. The summed E-state index contributed by atoms with van der Waals surface area (Å²) in [6, 6.07) is 10.2. The summed E-state index contributed by atoms with van der Waals surface area (Å²) in [6.45, 7) is 6.41. The Morgan fingerprint density at radius 1 is 1.11 bits per heavy atom. The first-order valence-corrected chi connectivity index (χ1v) is 8.26. The molecule has 0 aromatic heterocycles. The van der Waals surface area contributed by atoms with E-state index in [4.69, 9.17) is 9.47 Å². The highest BCUT2D eigenvalue weighted by Gasteiger charge is 2.05. The molecule has 0 aliphatic heterocycles. The molecule has 1 aromatic rings. The van der Waals surface area contributed by atoms with Crippen LogP contribution in [0.3, 0.4) is 0 Å². The normalized spacial score (nSPS) is 14.3. The summed E-state index contributed by atoms with van der Waals surface area (Å²) in [6.07, 6.45) is 3.66. The zero-order chi connectivity index (χ0) is 13.9. The molecular formula is C16H25IO2. The monoisotopic (exact) mass is 376 g/mol. The first-order chi connectivity index (χ1) is 9.18. The molecule has 3 heteroatoms. The van der Waals surface area contributed by atoms with Crippen molar-refractivity contribution >= 4 is 22.6 Å². The van der Waals surface area contributed by atoms with Crippen LogP contribution in [0.2, 0.25) is 0 Å². The van der Waals surface area contributed by atoms with Crippen LogP contribution in [0.4, 0.5) is 0 Å². The number of benzene rings is 1. The molecule has 0 bridgehead atoms. The summed E-state index contributed by atoms with van der Waals surface area (Å²) in [5, 5.41) is 0. The van der Waals surface area contributed by atoms with Crippen molar-refractivity contribution in [3.63, 3.8) is 0 Å². The van der Waals surface area contributed by atoms with Gasteiger partial charge in [0.15, 0.2) is 0 Å². The molecule has 0 aliphatic carbocycles. The van der Waals surface area contributed by atoms with Crippen LogP contribution in [-0.2, 0) is 16.1 Å². The zero-order valence-electron chi connectivity index (χ0n) is 12.0. The Hall–Kier alpha value is -0.130. The molecule has 0 heterocycles. The number of halogens is 1. The molecule has 19 heavy (non-hydrogen) atoms. The Morgan fingerprint density at radius 2 is 1.84 bits per heavy atom. The van der Waals surface area contributed by atoms with Gasteiger partial charge in [-0.3, -0.25) is 0 Å². The highest BCUT2D eigenvalue weighted by Crippen LogP contribution is 2.17. The fraction of sp³-hybridized carbons (Fsp3) is 0.625. The predicted octanol–water partition coefficient (Wildman–Crippen LogP) is 4.81. The van der Waals surface area contributed by atoms with Gasteiger partial charge < -0.3 is 9.47 Å². The lowest BCUT2D eigenvalue weighted by Gasteiger charge is -2.12. The molecule has 1 rings (SSSR count). The summed E-state index contributed by atoms with van der Waals surface area (Å²) < 4.78 is 11.7. The Morgan fingerprint density at radius 3 is 2.53 bits per heavy atom. The third kappa shape index (κ3) is 9.41. The molecule has 0 N–H and O–H groups in total. The van der Waals surface area contributed by atoms with Gasteiger partial charge in [0.25, 0.3) is 0 Å². The molecule has 0 amide bonds. The van der Waals surface area contributed by atoms with Crippen molar-refractivity contribution in [2.24, 2.45) is 5.92 Å². The van der Waals surface area contributed by atoms with Gasteiger partial charge >= 0.3 is 0 Å². The van der Waals surface area contributed by atoms with E-state index in [0.29, 0.717) is 13.4 Å². The molecule has 0 fully saturated rings. The summed E-state index contributed by atoms with van der Waals surface area (Å²) in [5.41, 5.74) is 1.19. The van der Waals surface area contributed by atoms with Crippen molar-refractivity contribution in [3.8, 4) is 0 Å². The van der Waals surface area contributed by atoms with E-state index < -0.39 is 0 Å². The van der Waals surface area contributed by atoms with Gasteiger partial charge in [-0.2, -0.15) is 0 Å². The summed E-state index contributed by atoms with van der Waals surface area (Å²) in [7, 11) is 0. The molecule has 0 saturated carbocycles. The maximum atomic E-state index is 5.49. The molecule has 0 aliphatic rings. The van der Waals surface area contributed by atoms with E-state index in [0.717, 1.165) is 22.9 Å². The van der Waals surface area contributed by atoms with Crippen molar-refractivity contribution in [2.75, 3.05) is 13.4 Å². The second kappa shape index (κ2) is 10.6. The zero-order valence-corrected chi connectivity index (χ0v) is 14.1. The van der Waals surface area contributed by atoms with E-state index >= 15 is 0 Å². The van der Waals surface area contributed by atoms with Gasteiger partial charge in [0, 0.05) is 10.5 Å². The number of hydrogen-bond acceptors (Lipinski definition) is 2. The van der Waals surface area contributed by atoms with Crippen LogP contribution in [0.15, 0.2) is 30.3 Å². The Kier molecular flexibility index (Phi) is 9.47. The number of rotatable bonds is 10. The smallest absolute Gasteiger partial charge is 0.147 e. The van der Waals surface area contributed by atoms with Gasteiger partial charge in [-0.1, -0.05) is 66.8 Å². The summed E-state index contributed by atoms with van der Waals surface area (Å²) >= 11 is 2.49. The van der Waals surface area contributed by atoms with Crippen LogP contribution in [0.25, 0.3) is 0 Å². The van der Waals surface area contributed by atoms with Crippen LogP contribution < -0.4 is 0 Å². The van der Waals surface area contributed by atoms with E-state index in [9.17, 15) is 0 Å². The predicted molar refractivity (Wildman–Crippen MR) is 88.5 cm³/mol. The number of ether oxygens (including phenoxy) is 2. The van der Waals surface area contributed by atoms with Crippen molar-refractivity contribution in [2.45, 2.75) is 43.6 Å². The average molecular weight is 376 g/mol. The summed E-state index contributed by atoms with van der Waals surface area (Å²) in [5.74, 6) is 0.792.